The van der Waals surface area contributed by atoms with Crippen LogP contribution < -0.4 is 5.56 Å². The quantitative estimate of drug-likeness (QED) is 0.566. The molecule has 0 aromatic carbocycles. The Kier molecular flexibility index (Phi) is 4.47. The van der Waals surface area contributed by atoms with Crippen LogP contribution in [0.25, 0.3) is 0 Å². The molecule has 1 heterocycles. The summed E-state index contributed by atoms with van der Waals surface area (Å²) in [5, 5.41) is 0. The molecule has 3 nitrogen and oxygen atoms in total. The molecule has 0 saturated carbocycles. The number of carbonyl (C=O) groups excluding carboxylic acids is 1. The minimum absolute atomic E-state index is 0.149. The first-order chi connectivity index (χ1) is 7.57. The van der Waals surface area contributed by atoms with Gasteiger partial charge >= 0.3 is 0 Å². The van der Waals surface area contributed by atoms with Crippen molar-refractivity contribution in [2.75, 3.05) is 0 Å². The van der Waals surface area contributed by atoms with Gasteiger partial charge in [-0.25, -0.2) is 0 Å². The Bertz CT molecular complexity index is 432. The Hall–Kier alpha value is -1.38. The predicted octanol–water partition coefficient (Wildman–Crippen LogP) is 2.55. The third kappa shape index (κ3) is 2.81. The fourth-order valence-electron chi connectivity index (χ4n) is 1.74. The van der Waals surface area contributed by atoms with Crippen molar-refractivity contribution in [1.29, 1.82) is 0 Å². The summed E-state index contributed by atoms with van der Waals surface area (Å²) in [6.45, 7) is 6.17. The summed E-state index contributed by atoms with van der Waals surface area (Å²) in [6, 6.07) is 3.46. The molecule has 0 amide bonds. The number of rotatable bonds is 5. The number of nitrogens with zero attached hydrogens (tertiary/aromatic N) is 1. The van der Waals surface area contributed by atoms with Gasteiger partial charge in [-0.05, 0) is 32.4 Å². The van der Waals surface area contributed by atoms with Crippen LogP contribution in [-0.4, -0.2) is 10.4 Å². The Morgan fingerprint density at radius 3 is 2.56 bits per heavy atom. The van der Waals surface area contributed by atoms with Crippen molar-refractivity contribution in [3.63, 3.8) is 0 Å². The summed E-state index contributed by atoms with van der Waals surface area (Å²) < 4.78 is 1.70. The second-order valence-corrected chi connectivity index (χ2v) is 4.11. The van der Waals surface area contributed by atoms with Crippen molar-refractivity contribution >= 4 is 5.78 Å². The van der Waals surface area contributed by atoms with Crippen molar-refractivity contribution in [3.8, 4) is 0 Å². The fraction of sp³-hybridized carbons (Fsp3) is 0.538. The second-order valence-electron chi connectivity index (χ2n) is 4.11. The third-order valence-electron chi connectivity index (χ3n) is 2.76. The normalized spacial score (nSPS) is 10.4. The average Bonchev–Trinajstić information content (AvgIpc) is 2.22. The second kappa shape index (κ2) is 5.64. The van der Waals surface area contributed by atoms with Crippen LogP contribution in [0.1, 0.15) is 49.2 Å². The molecule has 1 aromatic heterocycles. The summed E-state index contributed by atoms with van der Waals surface area (Å²) in [4.78, 5) is 23.2. The molecule has 0 N–H and O–H groups in total. The zero-order chi connectivity index (χ0) is 12.1. The SMILES string of the molecule is CCCCCn1c(C)ccc(C(C)=O)c1=O. The minimum Gasteiger partial charge on any atom is -0.312 e. The van der Waals surface area contributed by atoms with Crippen molar-refractivity contribution in [1.82, 2.24) is 4.57 Å². The first-order valence-electron chi connectivity index (χ1n) is 5.79. The van der Waals surface area contributed by atoms with Gasteiger partial charge in [0.1, 0.15) is 0 Å². The minimum atomic E-state index is -0.158. The summed E-state index contributed by atoms with van der Waals surface area (Å²) in [5.41, 5.74) is 1.07. The van der Waals surface area contributed by atoms with E-state index in [0.717, 1.165) is 25.0 Å². The van der Waals surface area contributed by atoms with E-state index in [9.17, 15) is 9.59 Å². The number of aromatic nitrogens is 1. The van der Waals surface area contributed by atoms with E-state index in [4.69, 9.17) is 0 Å². The molecule has 0 unspecified atom stereocenters. The van der Waals surface area contributed by atoms with E-state index in [1.807, 2.05) is 13.0 Å². The summed E-state index contributed by atoms with van der Waals surface area (Å²) in [6.07, 6.45) is 3.22. The van der Waals surface area contributed by atoms with Gasteiger partial charge in [0.05, 0.1) is 5.56 Å². The van der Waals surface area contributed by atoms with E-state index >= 15 is 0 Å². The summed E-state index contributed by atoms with van der Waals surface area (Å²) in [7, 11) is 0. The molecule has 0 saturated heterocycles. The predicted molar refractivity (Wildman–Crippen MR) is 65.0 cm³/mol. The van der Waals surface area contributed by atoms with E-state index < -0.39 is 0 Å². The molecule has 0 aliphatic carbocycles. The highest BCUT2D eigenvalue weighted by Crippen LogP contribution is 2.03. The number of unbranched alkanes of at least 4 members (excludes halogenated alkanes) is 2. The molecule has 1 aromatic rings. The van der Waals surface area contributed by atoms with Crippen LogP contribution in [0.4, 0.5) is 0 Å². The Balaban J connectivity index is 3.02. The maximum absolute atomic E-state index is 12.0. The van der Waals surface area contributed by atoms with Crippen LogP contribution in [0, 0.1) is 6.92 Å². The lowest BCUT2D eigenvalue weighted by Crippen LogP contribution is -2.27. The number of Topliss-reactive ketones (excluding diaryl/α,β-unsaturated/α-hetero) is 1. The standard InChI is InChI=1S/C13H19NO2/c1-4-5-6-9-14-10(2)7-8-12(11(3)15)13(14)16/h7-8H,4-6,9H2,1-3H3. The van der Waals surface area contributed by atoms with Crippen LogP contribution in [0.15, 0.2) is 16.9 Å². The van der Waals surface area contributed by atoms with Gasteiger partial charge in [-0.2, -0.15) is 0 Å². The molecule has 0 bridgehead atoms. The lowest BCUT2D eigenvalue weighted by Gasteiger charge is -2.10. The van der Waals surface area contributed by atoms with E-state index in [1.54, 1.807) is 10.6 Å². The Morgan fingerprint density at radius 2 is 2.00 bits per heavy atom. The van der Waals surface area contributed by atoms with Gasteiger partial charge in [-0.1, -0.05) is 19.8 Å². The molecule has 16 heavy (non-hydrogen) atoms. The van der Waals surface area contributed by atoms with E-state index in [2.05, 4.69) is 6.92 Å². The zero-order valence-corrected chi connectivity index (χ0v) is 10.2. The highest BCUT2D eigenvalue weighted by atomic mass is 16.1. The van der Waals surface area contributed by atoms with Crippen molar-refractivity contribution in [2.45, 2.75) is 46.6 Å². The van der Waals surface area contributed by atoms with Gasteiger partial charge in [-0.3, -0.25) is 9.59 Å². The van der Waals surface area contributed by atoms with Gasteiger partial charge in [-0.15, -0.1) is 0 Å². The average molecular weight is 221 g/mol. The number of hydrogen-bond donors (Lipinski definition) is 0. The Morgan fingerprint density at radius 1 is 1.31 bits per heavy atom. The van der Waals surface area contributed by atoms with Gasteiger partial charge in [0.15, 0.2) is 5.78 Å². The lowest BCUT2D eigenvalue weighted by molar-refractivity contribution is 0.101. The van der Waals surface area contributed by atoms with Gasteiger partial charge in [0.2, 0.25) is 0 Å². The lowest BCUT2D eigenvalue weighted by atomic mass is 10.1. The maximum Gasteiger partial charge on any atom is 0.261 e. The van der Waals surface area contributed by atoms with E-state index in [0.29, 0.717) is 12.1 Å². The molecular formula is C13H19NO2. The van der Waals surface area contributed by atoms with Crippen LogP contribution in [0.2, 0.25) is 0 Å². The van der Waals surface area contributed by atoms with Gasteiger partial charge in [0, 0.05) is 12.2 Å². The maximum atomic E-state index is 12.0. The molecule has 1 rings (SSSR count). The first kappa shape index (κ1) is 12.7. The fourth-order valence-corrected chi connectivity index (χ4v) is 1.74. The summed E-state index contributed by atoms with van der Waals surface area (Å²) >= 11 is 0. The topological polar surface area (TPSA) is 39.1 Å². The monoisotopic (exact) mass is 221 g/mol. The highest BCUT2D eigenvalue weighted by Gasteiger charge is 2.09. The molecule has 3 heteroatoms. The number of carbonyl (C=O) groups is 1. The number of aryl methyl sites for hydroxylation is 1. The molecule has 0 fully saturated rings. The molecule has 0 aliphatic heterocycles. The highest BCUT2D eigenvalue weighted by molar-refractivity contribution is 5.93. The molecule has 0 radical (unpaired) electrons. The largest absolute Gasteiger partial charge is 0.312 e. The Labute approximate surface area is 96.1 Å². The molecular weight excluding hydrogens is 202 g/mol. The van der Waals surface area contributed by atoms with E-state index in [-0.39, 0.29) is 11.3 Å². The zero-order valence-electron chi connectivity index (χ0n) is 10.2. The molecule has 88 valence electrons. The molecule has 0 spiro atoms. The van der Waals surface area contributed by atoms with Crippen LogP contribution >= 0.6 is 0 Å². The van der Waals surface area contributed by atoms with Crippen LogP contribution in [-0.2, 0) is 6.54 Å². The van der Waals surface area contributed by atoms with Crippen molar-refractivity contribution < 1.29 is 4.79 Å². The number of hydrogen-bond acceptors (Lipinski definition) is 2. The summed E-state index contributed by atoms with van der Waals surface area (Å²) in [5.74, 6) is -0.158. The van der Waals surface area contributed by atoms with Crippen LogP contribution in [0.5, 0.6) is 0 Å². The van der Waals surface area contributed by atoms with Crippen LogP contribution in [0.3, 0.4) is 0 Å². The number of pyridine rings is 1. The van der Waals surface area contributed by atoms with Gasteiger partial charge < -0.3 is 4.57 Å². The van der Waals surface area contributed by atoms with Crippen molar-refractivity contribution in [3.05, 3.63) is 33.7 Å². The smallest absolute Gasteiger partial charge is 0.261 e. The third-order valence-corrected chi connectivity index (χ3v) is 2.76. The first-order valence-corrected chi connectivity index (χ1v) is 5.79. The molecule has 0 atom stereocenters. The van der Waals surface area contributed by atoms with Crippen molar-refractivity contribution in [2.24, 2.45) is 0 Å². The number of ketones is 1. The van der Waals surface area contributed by atoms with E-state index in [1.165, 1.54) is 6.92 Å². The van der Waals surface area contributed by atoms with Gasteiger partial charge in [0.25, 0.3) is 5.56 Å². The molecule has 0 aliphatic rings.